The van der Waals surface area contributed by atoms with E-state index in [0.29, 0.717) is 12.8 Å². The zero-order chi connectivity index (χ0) is 16.4. The summed E-state index contributed by atoms with van der Waals surface area (Å²) < 4.78 is 50.8. The third-order valence-electron chi connectivity index (χ3n) is 3.75. The molecule has 1 fully saturated rings. The first-order valence-corrected chi connectivity index (χ1v) is 10.5. The van der Waals surface area contributed by atoms with Crippen molar-refractivity contribution in [3.63, 3.8) is 0 Å². The Morgan fingerprint density at radius 2 is 1.86 bits per heavy atom. The molecule has 1 aliphatic heterocycles. The highest BCUT2D eigenvalue weighted by Gasteiger charge is 2.35. The highest BCUT2D eigenvalue weighted by Crippen LogP contribution is 2.24. The number of aromatic nitrogens is 1. The summed E-state index contributed by atoms with van der Waals surface area (Å²) in [6, 6.07) is 3.08. The number of hydrogen-bond acceptors (Lipinski definition) is 5. The van der Waals surface area contributed by atoms with Gasteiger partial charge in [-0.2, -0.15) is 4.31 Å². The average Bonchev–Trinajstić information content (AvgIpc) is 2.47. The van der Waals surface area contributed by atoms with Gasteiger partial charge < -0.3 is 0 Å². The Morgan fingerprint density at radius 1 is 1.23 bits per heavy atom. The van der Waals surface area contributed by atoms with Crippen LogP contribution in [0.5, 0.6) is 0 Å². The van der Waals surface area contributed by atoms with Gasteiger partial charge in [0.2, 0.25) is 10.0 Å². The molecule has 1 aromatic heterocycles. The van der Waals surface area contributed by atoms with Crippen LogP contribution in [-0.2, 0) is 19.9 Å². The van der Waals surface area contributed by atoms with Crippen molar-refractivity contribution in [2.24, 2.45) is 5.92 Å². The minimum Gasteiger partial charge on any atom is -0.263 e. The predicted molar refractivity (Wildman–Crippen MR) is 84.6 cm³/mol. The number of hydrogen-bond donors (Lipinski definition) is 0. The van der Waals surface area contributed by atoms with Crippen molar-refractivity contribution in [2.45, 2.75) is 36.8 Å². The van der Waals surface area contributed by atoms with Crippen molar-refractivity contribution in [1.29, 1.82) is 0 Å². The van der Waals surface area contributed by atoms with Crippen LogP contribution in [0.2, 0.25) is 0 Å². The topological polar surface area (TPSA) is 84.4 Å². The fraction of sp³-hybridized carbons (Fsp3) is 0.643. The SMILES string of the molecule is CC(C)CS(=O)(=O)C1CCN(S(=O)(=O)c2cccnc2)CC1. The maximum Gasteiger partial charge on any atom is 0.244 e. The fourth-order valence-electron chi connectivity index (χ4n) is 2.68. The van der Waals surface area contributed by atoms with Gasteiger partial charge in [0.1, 0.15) is 4.90 Å². The molecule has 0 bridgehead atoms. The van der Waals surface area contributed by atoms with Gasteiger partial charge in [0.25, 0.3) is 0 Å². The molecule has 0 aliphatic carbocycles. The lowest BCUT2D eigenvalue weighted by molar-refractivity contribution is 0.345. The number of sulfone groups is 1. The maximum atomic E-state index is 12.5. The molecule has 6 nitrogen and oxygen atoms in total. The molecule has 0 amide bonds. The van der Waals surface area contributed by atoms with Crippen LogP contribution in [0.3, 0.4) is 0 Å². The van der Waals surface area contributed by atoms with Crippen molar-refractivity contribution < 1.29 is 16.8 Å². The van der Waals surface area contributed by atoms with Crippen LogP contribution in [0.15, 0.2) is 29.4 Å². The smallest absolute Gasteiger partial charge is 0.244 e. The summed E-state index contributed by atoms with van der Waals surface area (Å²) in [5, 5.41) is -0.435. The van der Waals surface area contributed by atoms with Crippen LogP contribution in [0, 0.1) is 5.92 Å². The van der Waals surface area contributed by atoms with E-state index in [1.807, 2.05) is 13.8 Å². The Labute approximate surface area is 132 Å². The monoisotopic (exact) mass is 346 g/mol. The van der Waals surface area contributed by atoms with E-state index in [9.17, 15) is 16.8 Å². The largest absolute Gasteiger partial charge is 0.263 e. The van der Waals surface area contributed by atoms with Gasteiger partial charge in [0.15, 0.2) is 9.84 Å². The molecule has 0 radical (unpaired) electrons. The van der Waals surface area contributed by atoms with Crippen molar-refractivity contribution in [2.75, 3.05) is 18.8 Å². The van der Waals surface area contributed by atoms with Gasteiger partial charge >= 0.3 is 0 Å². The van der Waals surface area contributed by atoms with Crippen molar-refractivity contribution >= 4 is 19.9 Å². The van der Waals surface area contributed by atoms with Gasteiger partial charge in [-0.15, -0.1) is 0 Å². The van der Waals surface area contributed by atoms with E-state index >= 15 is 0 Å². The molecular formula is C14H22N2O4S2. The molecule has 124 valence electrons. The highest BCUT2D eigenvalue weighted by molar-refractivity contribution is 7.92. The molecule has 1 aliphatic rings. The number of piperidine rings is 1. The summed E-state index contributed by atoms with van der Waals surface area (Å²) in [5.41, 5.74) is 0. The van der Waals surface area contributed by atoms with E-state index in [4.69, 9.17) is 0 Å². The van der Waals surface area contributed by atoms with Gasteiger partial charge in [-0.25, -0.2) is 16.8 Å². The Hall–Kier alpha value is -0.990. The summed E-state index contributed by atoms with van der Waals surface area (Å²) in [7, 11) is -6.73. The maximum absolute atomic E-state index is 12.5. The van der Waals surface area contributed by atoms with Crippen LogP contribution in [0.25, 0.3) is 0 Å². The second-order valence-electron chi connectivity index (χ2n) is 6.02. The molecule has 1 saturated heterocycles. The fourth-order valence-corrected chi connectivity index (χ4v) is 6.25. The van der Waals surface area contributed by atoms with Crippen LogP contribution in [0.4, 0.5) is 0 Å². The van der Waals surface area contributed by atoms with E-state index in [-0.39, 0.29) is 29.7 Å². The number of rotatable bonds is 5. The normalized spacial score (nSPS) is 18.7. The van der Waals surface area contributed by atoms with Gasteiger partial charge in [-0.05, 0) is 30.9 Å². The molecule has 1 aromatic rings. The third kappa shape index (κ3) is 3.85. The van der Waals surface area contributed by atoms with Crippen LogP contribution in [0.1, 0.15) is 26.7 Å². The summed E-state index contributed by atoms with van der Waals surface area (Å²) in [6.07, 6.45) is 3.55. The molecule has 0 saturated carbocycles. The van der Waals surface area contributed by atoms with Gasteiger partial charge in [-0.3, -0.25) is 4.98 Å². The first-order chi connectivity index (χ1) is 10.2. The van der Waals surface area contributed by atoms with E-state index in [0.717, 1.165) is 0 Å². The summed E-state index contributed by atoms with van der Waals surface area (Å²) >= 11 is 0. The highest BCUT2D eigenvalue weighted by atomic mass is 32.2. The third-order valence-corrected chi connectivity index (χ3v) is 8.25. The second kappa shape index (κ2) is 6.64. The number of sulfonamides is 1. The molecule has 0 N–H and O–H groups in total. The minimum atomic E-state index is -3.58. The predicted octanol–water partition coefficient (Wildman–Crippen LogP) is 1.31. The summed E-state index contributed by atoms with van der Waals surface area (Å²) in [6.45, 7) is 4.22. The zero-order valence-electron chi connectivity index (χ0n) is 12.8. The van der Waals surface area contributed by atoms with E-state index in [2.05, 4.69) is 4.98 Å². The lowest BCUT2D eigenvalue weighted by atomic mass is 10.2. The van der Waals surface area contributed by atoms with Crippen LogP contribution < -0.4 is 0 Å². The molecule has 8 heteroatoms. The average molecular weight is 346 g/mol. The van der Waals surface area contributed by atoms with E-state index in [1.165, 1.54) is 22.8 Å². The van der Waals surface area contributed by atoms with Gasteiger partial charge in [-0.1, -0.05) is 13.8 Å². The van der Waals surface area contributed by atoms with Crippen molar-refractivity contribution in [3.8, 4) is 0 Å². The molecule has 2 rings (SSSR count). The van der Waals surface area contributed by atoms with Crippen molar-refractivity contribution in [1.82, 2.24) is 9.29 Å². The van der Waals surface area contributed by atoms with Gasteiger partial charge in [0.05, 0.1) is 11.0 Å². The Kier molecular flexibility index (Phi) is 5.24. The summed E-state index contributed by atoms with van der Waals surface area (Å²) in [4.78, 5) is 3.98. The Morgan fingerprint density at radius 3 is 2.36 bits per heavy atom. The zero-order valence-corrected chi connectivity index (χ0v) is 14.5. The van der Waals surface area contributed by atoms with Crippen LogP contribution in [-0.4, -0.2) is 50.2 Å². The second-order valence-corrected chi connectivity index (χ2v) is 10.3. The lowest BCUT2D eigenvalue weighted by Crippen LogP contribution is -2.43. The molecule has 0 aromatic carbocycles. The standard InChI is InChI=1S/C14H22N2O4S2/c1-12(2)11-21(17,18)13-5-8-16(9-6-13)22(19,20)14-4-3-7-15-10-14/h3-4,7,10,12-13H,5-6,8-9,11H2,1-2H3. The van der Waals surface area contributed by atoms with Crippen LogP contribution >= 0.6 is 0 Å². The molecule has 0 spiro atoms. The lowest BCUT2D eigenvalue weighted by Gasteiger charge is -2.31. The number of nitrogens with zero attached hydrogens (tertiary/aromatic N) is 2. The molecule has 22 heavy (non-hydrogen) atoms. The molecule has 0 atom stereocenters. The Balaban J connectivity index is 2.07. The Bertz CT molecular complexity index is 692. The first kappa shape index (κ1) is 17.4. The first-order valence-electron chi connectivity index (χ1n) is 7.35. The van der Waals surface area contributed by atoms with E-state index < -0.39 is 25.1 Å². The minimum absolute atomic E-state index is 0.0853. The quantitative estimate of drug-likeness (QED) is 0.802. The van der Waals surface area contributed by atoms with Gasteiger partial charge in [0, 0.05) is 25.5 Å². The van der Waals surface area contributed by atoms with E-state index in [1.54, 1.807) is 6.07 Å². The summed E-state index contributed by atoms with van der Waals surface area (Å²) in [5.74, 6) is 0.245. The molecular weight excluding hydrogens is 324 g/mol. The van der Waals surface area contributed by atoms with Crippen molar-refractivity contribution in [3.05, 3.63) is 24.5 Å². The number of pyridine rings is 1. The molecule has 2 heterocycles. The molecule has 0 unspecified atom stereocenters.